The van der Waals surface area contributed by atoms with E-state index in [1.807, 2.05) is 7.05 Å². The largest absolute Gasteiger partial charge is 0.395 e. The molecule has 1 atom stereocenters. The molecule has 0 bridgehead atoms. The van der Waals surface area contributed by atoms with E-state index in [-0.39, 0.29) is 17.4 Å². The molecule has 1 aromatic heterocycles. The smallest absolute Gasteiger partial charge is 0.0731 e. The lowest BCUT2D eigenvalue weighted by molar-refractivity contribution is 0.225. The van der Waals surface area contributed by atoms with Gasteiger partial charge in [-0.25, -0.2) is 0 Å². The van der Waals surface area contributed by atoms with Gasteiger partial charge in [-0.3, -0.25) is 4.68 Å². The molecule has 2 rings (SSSR count). The third-order valence-electron chi connectivity index (χ3n) is 3.39. The van der Waals surface area contributed by atoms with Crippen molar-refractivity contribution >= 4 is 0 Å². The van der Waals surface area contributed by atoms with Gasteiger partial charge < -0.3 is 5.11 Å². The highest BCUT2D eigenvalue weighted by Crippen LogP contribution is 2.63. The first-order valence-corrected chi connectivity index (χ1v) is 4.49. The van der Waals surface area contributed by atoms with Crippen LogP contribution in [0.1, 0.15) is 26.0 Å². The molecule has 4 heteroatoms. The number of aliphatic hydroxyl groups excluding tert-OH is 1. The molecule has 0 aromatic carbocycles. The topological polar surface area (TPSA) is 50.9 Å². The standard InChI is InChI=1S/C9H15N3O/c1-8(2)5-9(8,6-13)7-4-10-11-12(7)3/h4,13H,5-6H2,1-3H3. The molecule has 0 radical (unpaired) electrons. The van der Waals surface area contributed by atoms with E-state index in [1.165, 1.54) is 0 Å². The van der Waals surface area contributed by atoms with Gasteiger partial charge in [0.25, 0.3) is 0 Å². The maximum absolute atomic E-state index is 9.42. The van der Waals surface area contributed by atoms with E-state index in [1.54, 1.807) is 10.9 Å². The molecule has 1 aliphatic rings. The van der Waals surface area contributed by atoms with Crippen molar-refractivity contribution in [3.8, 4) is 0 Å². The fourth-order valence-electron chi connectivity index (χ4n) is 2.22. The molecule has 0 saturated heterocycles. The monoisotopic (exact) mass is 181 g/mol. The van der Waals surface area contributed by atoms with Gasteiger partial charge in [-0.2, -0.15) is 0 Å². The molecule has 0 aliphatic heterocycles. The van der Waals surface area contributed by atoms with Gasteiger partial charge in [0.2, 0.25) is 0 Å². The van der Waals surface area contributed by atoms with Crippen LogP contribution in [-0.2, 0) is 12.5 Å². The molecular formula is C9H15N3O. The SMILES string of the molecule is Cn1nncc1C1(CO)CC1(C)C. The van der Waals surface area contributed by atoms with Crippen LogP contribution in [0.3, 0.4) is 0 Å². The average molecular weight is 181 g/mol. The zero-order valence-electron chi connectivity index (χ0n) is 8.28. The van der Waals surface area contributed by atoms with Gasteiger partial charge >= 0.3 is 0 Å². The number of hydrogen-bond donors (Lipinski definition) is 1. The molecule has 1 aromatic rings. The van der Waals surface area contributed by atoms with Crippen LogP contribution in [0, 0.1) is 5.41 Å². The summed E-state index contributed by atoms with van der Waals surface area (Å²) in [5.41, 5.74) is 1.11. The van der Waals surface area contributed by atoms with E-state index in [9.17, 15) is 5.11 Å². The molecule has 1 N–H and O–H groups in total. The van der Waals surface area contributed by atoms with Gasteiger partial charge in [-0.15, -0.1) is 5.10 Å². The van der Waals surface area contributed by atoms with E-state index in [2.05, 4.69) is 24.2 Å². The van der Waals surface area contributed by atoms with Crippen LogP contribution in [0.5, 0.6) is 0 Å². The second-order valence-corrected chi connectivity index (χ2v) is 4.54. The number of rotatable bonds is 2. The first kappa shape index (κ1) is 8.69. The normalized spacial score (nSPS) is 30.5. The van der Waals surface area contributed by atoms with Gasteiger partial charge in [0.05, 0.1) is 18.5 Å². The van der Waals surface area contributed by atoms with Crippen LogP contribution in [0.2, 0.25) is 0 Å². The third kappa shape index (κ3) is 0.950. The van der Waals surface area contributed by atoms with Crippen molar-refractivity contribution in [1.82, 2.24) is 15.0 Å². The Kier molecular flexibility index (Phi) is 1.55. The first-order valence-electron chi connectivity index (χ1n) is 4.49. The Labute approximate surface area is 77.6 Å². The summed E-state index contributed by atoms with van der Waals surface area (Å²) < 4.78 is 1.75. The predicted octanol–water partition coefficient (Wildman–Crippen LogP) is 0.475. The quantitative estimate of drug-likeness (QED) is 0.721. The summed E-state index contributed by atoms with van der Waals surface area (Å²) in [6.07, 6.45) is 2.77. The van der Waals surface area contributed by atoms with Crippen molar-refractivity contribution in [1.29, 1.82) is 0 Å². The molecule has 1 aliphatic carbocycles. The summed E-state index contributed by atoms with van der Waals surface area (Å²) >= 11 is 0. The second-order valence-electron chi connectivity index (χ2n) is 4.54. The molecule has 4 nitrogen and oxygen atoms in total. The molecule has 72 valence electrons. The summed E-state index contributed by atoms with van der Waals surface area (Å²) in [6.45, 7) is 4.51. The Bertz CT molecular complexity index is 331. The van der Waals surface area contributed by atoms with Crippen LogP contribution < -0.4 is 0 Å². The lowest BCUT2D eigenvalue weighted by Crippen LogP contribution is -2.22. The first-order chi connectivity index (χ1) is 6.03. The minimum absolute atomic E-state index is 0.106. The zero-order valence-corrected chi connectivity index (χ0v) is 8.28. The fourth-order valence-corrected chi connectivity index (χ4v) is 2.22. The third-order valence-corrected chi connectivity index (χ3v) is 3.39. The fraction of sp³-hybridized carbons (Fsp3) is 0.778. The van der Waals surface area contributed by atoms with Crippen molar-refractivity contribution in [2.75, 3.05) is 6.61 Å². The van der Waals surface area contributed by atoms with Crippen LogP contribution in [-0.4, -0.2) is 26.7 Å². The van der Waals surface area contributed by atoms with Crippen LogP contribution in [0.25, 0.3) is 0 Å². The van der Waals surface area contributed by atoms with Crippen molar-refractivity contribution in [3.63, 3.8) is 0 Å². The molecule has 0 amide bonds. The highest BCUT2D eigenvalue weighted by atomic mass is 16.3. The Morgan fingerprint density at radius 1 is 1.62 bits per heavy atom. The highest BCUT2D eigenvalue weighted by Gasteiger charge is 2.63. The number of aryl methyl sites for hydroxylation is 1. The van der Waals surface area contributed by atoms with E-state index >= 15 is 0 Å². The van der Waals surface area contributed by atoms with Crippen LogP contribution in [0.4, 0.5) is 0 Å². The van der Waals surface area contributed by atoms with Crippen LogP contribution in [0.15, 0.2) is 6.20 Å². The van der Waals surface area contributed by atoms with Crippen LogP contribution >= 0.6 is 0 Å². The summed E-state index contributed by atoms with van der Waals surface area (Å²) in [5, 5.41) is 17.2. The lowest BCUT2D eigenvalue weighted by atomic mass is 9.93. The summed E-state index contributed by atoms with van der Waals surface area (Å²) in [4.78, 5) is 0. The Balaban J connectivity index is 2.41. The van der Waals surface area contributed by atoms with Gasteiger partial charge in [-0.05, 0) is 11.8 Å². The second kappa shape index (κ2) is 2.32. The summed E-state index contributed by atoms with van der Waals surface area (Å²) in [6, 6.07) is 0. The molecular weight excluding hydrogens is 166 g/mol. The van der Waals surface area contributed by atoms with E-state index in [4.69, 9.17) is 0 Å². The molecule has 1 unspecified atom stereocenters. The lowest BCUT2D eigenvalue weighted by Gasteiger charge is -2.16. The maximum atomic E-state index is 9.42. The molecule has 13 heavy (non-hydrogen) atoms. The molecule has 0 spiro atoms. The molecule has 1 fully saturated rings. The van der Waals surface area contributed by atoms with Crippen molar-refractivity contribution < 1.29 is 5.11 Å². The Morgan fingerprint density at radius 3 is 2.54 bits per heavy atom. The number of nitrogens with zero attached hydrogens (tertiary/aromatic N) is 3. The number of hydrogen-bond acceptors (Lipinski definition) is 3. The van der Waals surface area contributed by atoms with Crippen molar-refractivity contribution in [2.24, 2.45) is 12.5 Å². The van der Waals surface area contributed by atoms with Gasteiger partial charge in [-0.1, -0.05) is 19.1 Å². The van der Waals surface area contributed by atoms with E-state index in [0.717, 1.165) is 12.1 Å². The minimum Gasteiger partial charge on any atom is -0.395 e. The van der Waals surface area contributed by atoms with Gasteiger partial charge in [0, 0.05) is 12.5 Å². The van der Waals surface area contributed by atoms with Crippen molar-refractivity contribution in [2.45, 2.75) is 25.7 Å². The maximum Gasteiger partial charge on any atom is 0.0731 e. The minimum atomic E-state index is -0.106. The number of aliphatic hydroxyl groups is 1. The number of aromatic nitrogens is 3. The summed E-state index contributed by atoms with van der Waals surface area (Å²) in [7, 11) is 1.87. The average Bonchev–Trinajstić information content (AvgIpc) is 2.43. The highest BCUT2D eigenvalue weighted by molar-refractivity contribution is 5.30. The Hall–Kier alpha value is -0.900. The zero-order chi connectivity index (χ0) is 9.69. The van der Waals surface area contributed by atoms with E-state index < -0.39 is 0 Å². The van der Waals surface area contributed by atoms with E-state index in [0.29, 0.717) is 0 Å². The summed E-state index contributed by atoms with van der Waals surface area (Å²) in [5.74, 6) is 0. The Morgan fingerprint density at radius 2 is 2.23 bits per heavy atom. The van der Waals surface area contributed by atoms with Gasteiger partial charge in [0.15, 0.2) is 0 Å². The van der Waals surface area contributed by atoms with Crippen molar-refractivity contribution in [3.05, 3.63) is 11.9 Å². The van der Waals surface area contributed by atoms with Gasteiger partial charge in [0.1, 0.15) is 0 Å². The molecule has 1 saturated carbocycles. The molecule has 1 heterocycles. The predicted molar refractivity (Wildman–Crippen MR) is 48.2 cm³/mol.